The van der Waals surface area contributed by atoms with Crippen molar-refractivity contribution < 1.29 is 4.79 Å². The summed E-state index contributed by atoms with van der Waals surface area (Å²) in [5, 5.41) is 9.94. The van der Waals surface area contributed by atoms with E-state index in [2.05, 4.69) is 21.2 Å². The van der Waals surface area contributed by atoms with Crippen molar-refractivity contribution in [2.24, 2.45) is 5.10 Å². The lowest BCUT2D eigenvalue weighted by Gasteiger charge is -2.38. The van der Waals surface area contributed by atoms with Crippen LogP contribution in [0.15, 0.2) is 5.10 Å². The van der Waals surface area contributed by atoms with E-state index in [-0.39, 0.29) is 5.91 Å². The average Bonchev–Trinajstić information content (AvgIpc) is 2.63. The van der Waals surface area contributed by atoms with Gasteiger partial charge in [-0.1, -0.05) is 37.4 Å². The lowest BCUT2D eigenvalue weighted by molar-refractivity contribution is -0.117. The molecule has 6 heteroatoms. The van der Waals surface area contributed by atoms with Crippen LogP contribution in [0.25, 0.3) is 0 Å². The number of carbonyl (C=O) groups excluding carboxylic acids is 1. The predicted molar refractivity (Wildman–Crippen MR) is 75.3 cm³/mol. The molecule has 2 aliphatic rings. The highest BCUT2D eigenvalue weighted by Crippen LogP contribution is 2.22. The summed E-state index contributed by atoms with van der Waals surface area (Å²) in [5.41, 5.74) is 3.51. The Morgan fingerprint density at radius 3 is 2.56 bits per heavy atom. The second kappa shape index (κ2) is 5.93. The first-order valence-electron chi connectivity index (χ1n) is 6.62. The summed E-state index contributed by atoms with van der Waals surface area (Å²) in [7, 11) is 0. The number of carbonyl (C=O) groups is 1. The molecule has 5 nitrogen and oxygen atoms in total. The Morgan fingerprint density at radius 1 is 1.33 bits per heavy atom. The van der Waals surface area contributed by atoms with Crippen molar-refractivity contribution in [1.82, 2.24) is 16.1 Å². The molecule has 102 valence electrons. The number of hydrazone groups is 1. The quantitative estimate of drug-likeness (QED) is 0.535. The number of thioether (sulfide) groups is 1. The molecule has 1 aliphatic carbocycles. The molecule has 0 saturated heterocycles. The van der Waals surface area contributed by atoms with E-state index in [4.69, 9.17) is 0 Å². The van der Waals surface area contributed by atoms with Gasteiger partial charge in [0.2, 0.25) is 5.12 Å². The van der Waals surface area contributed by atoms with Crippen LogP contribution in [0.2, 0.25) is 0 Å². The van der Waals surface area contributed by atoms with Crippen molar-refractivity contribution in [2.45, 2.75) is 56.6 Å². The van der Waals surface area contributed by atoms with Crippen LogP contribution in [0.4, 0.5) is 0 Å². The van der Waals surface area contributed by atoms with Crippen molar-refractivity contribution in [1.29, 1.82) is 0 Å². The highest BCUT2D eigenvalue weighted by atomic mass is 32.2. The third-order valence-electron chi connectivity index (χ3n) is 3.57. The fourth-order valence-corrected chi connectivity index (χ4v) is 3.04. The monoisotopic (exact) mass is 270 g/mol. The summed E-state index contributed by atoms with van der Waals surface area (Å²) in [6, 6.07) is 0.446. The van der Waals surface area contributed by atoms with Crippen LogP contribution < -0.4 is 16.1 Å². The number of rotatable bonds is 3. The summed E-state index contributed by atoms with van der Waals surface area (Å²) in [4.78, 5) is 11.7. The van der Waals surface area contributed by atoms with Gasteiger partial charge in [0.1, 0.15) is 5.71 Å². The molecule has 1 saturated carbocycles. The SMILES string of the molecule is CS[C@]1(NC2CCCCCC2)NN=C(C)C(=O)N1. The Labute approximate surface area is 113 Å². The van der Waals surface area contributed by atoms with Crippen LogP contribution >= 0.6 is 11.8 Å². The maximum Gasteiger partial charge on any atom is 0.270 e. The zero-order valence-electron chi connectivity index (χ0n) is 11.1. The number of nitrogens with zero attached hydrogens (tertiary/aromatic N) is 1. The highest BCUT2D eigenvalue weighted by Gasteiger charge is 2.36. The first-order valence-corrected chi connectivity index (χ1v) is 7.84. The molecule has 0 radical (unpaired) electrons. The lowest BCUT2D eigenvalue weighted by atomic mass is 10.1. The van der Waals surface area contributed by atoms with Crippen molar-refractivity contribution in [3.63, 3.8) is 0 Å². The second-order valence-electron chi connectivity index (χ2n) is 4.98. The molecule has 2 rings (SSSR count). The van der Waals surface area contributed by atoms with E-state index in [1.165, 1.54) is 50.3 Å². The molecule has 0 aromatic carbocycles. The van der Waals surface area contributed by atoms with Gasteiger partial charge in [-0.15, -0.1) is 0 Å². The van der Waals surface area contributed by atoms with E-state index < -0.39 is 5.12 Å². The van der Waals surface area contributed by atoms with Crippen LogP contribution in [-0.4, -0.2) is 29.0 Å². The molecule has 1 aliphatic heterocycles. The van der Waals surface area contributed by atoms with Crippen molar-refractivity contribution in [2.75, 3.05) is 6.26 Å². The minimum absolute atomic E-state index is 0.107. The van der Waals surface area contributed by atoms with Crippen molar-refractivity contribution in [3.8, 4) is 0 Å². The number of amides is 1. The van der Waals surface area contributed by atoms with Gasteiger partial charge < -0.3 is 5.32 Å². The van der Waals surface area contributed by atoms with E-state index >= 15 is 0 Å². The summed E-state index contributed by atoms with van der Waals surface area (Å²) in [5.74, 6) is -0.107. The Hall–Kier alpha value is -0.750. The van der Waals surface area contributed by atoms with Crippen LogP contribution in [0.5, 0.6) is 0 Å². The van der Waals surface area contributed by atoms with Gasteiger partial charge in [0.05, 0.1) is 0 Å². The maximum atomic E-state index is 11.7. The maximum absolute atomic E-state index is 11.7. The largest absolute Gasteiger partial charge is 0.306 e. The van der Waals surface area contributed by atoms with Gasteiger partial charge in [-0.25, -0.2) is 0 Å². The van der Waals surface area contributed by atoms with E-state index in [9.17, 15) is 4.79 Å². The van der Waals surface area contributed by atoms with Crippen molar-refractivity contribution in [3.05, 3.63) is 0 Å². The molecule has 1 fully saturated rings. The predicted octanol–water partition coefficient (Wildman–Crippen LogP) is 1.37. The fourth-order valence-electron chi connectivity index (χ4n) is 2.43. The van der Waals surface area contributed by atoms with Crippen LogP contribution in [-0.2, 0) is 4.79 Å². The highest BCUT2D eigenvalue weighted by molar-refractivity contribution is 7.99. The van der Waals surface area contributed by atoms with E-state index in [0.29, 0.717) is 11.8 Å². The van der Waals surface area contributed by atoms with Gasteiger partial charge >= 0.3 is 0 Å². The second-order valence-corrected chi connectivity index (χ2v) is 6.00. The fraction of sp³-hybridized carbons (Fsp3) is 0.833. The standard InChI is InChI=1S/C12H22N4OS/c1-9-11(17)14-12(18-2,16-15-9)13-10-7-5-3-4-6-8-10/h10,13,16H,3-8H2,1-2H3,(H,14,17)/t12-/m0/s1. The van der Waals surface area contributed by atoms with Gasteiger partial charge in [0, 0.05) is 6.04 Å². The van der Waals surface area contributed by atoms with Crippen LogP contribution in [0, 0.1) is 0 Å². The topological polar surface area (TPSA) is 65.5 Å². The molecule has 0 aromatic rings. The van der Waals surface area contributed by atoms with Gasteiger partial charge in [-0.05, 0) is 26.0 Å². The molecule has 3 N–H and O–H groups in total. The van der Waals surface area contributed by atoms with E-state index in [1.807, 2.05) is 6.26 Å². The third-order valence-corrected chi connectivity index (χ3v) is 4.49. The molecule has 1 amide bonds. The van der Waals surface area contributed by atoms with Crippen LogP contribution in [0.3, 0.4) is 0 Å². The van der Waals surface area contributed by atoms with E-state index in [1.54, 1.807) is 6.92 Å². The normalized spacial score (nSPS) is 30.1. The average molecular weight is 270 g/mol. The van der Waals surface area contributed by atoms with E-state index in [0.717, 1.165) is 0 Å². The summed E-state index contributed by atoms with van der Waals surface area (Å²) >= 11 is 1.54. The molecular weight excluding hydrogens is 248 g/mol. The zero-order chi connectivity index (χ0) is 13.0. The first kappa shape index (κ1) is 13.7. The van der Waals surface area contributed by atoms with Gasteiger partial charge in [0.15, 0.2) is 0 Å². The minimum atomic E-state index is -0.647. The number of hydrogen-bond acceptors (Lipinski definition) is 5. The first-order chi connectivity index (χ1) is 8.65. The summed E-state index contributed by atoms with van der Waals surface area (Å²) in [6.45, 7) is 1.71. The van der Waals surface area contributed by atoms with Gasteiger partial charge in [-0.2, -0.15) is 5.10 Å². The summed E-state index contributed by atoms with van der Waals surface area (Å²) in [6.07, 6.45) is 9.47. The molecule has 18 heavy (non-hydrogen) atoms. The number of hydrogen-bond donors (Lipinski definition) is 3. The molecule has 0 unspecified atom stereocenters. The molecule has 1 atom stereocenters. The van der Waals surface area contributed by atoms with Gasteiger partial charge in [-0.3, -0.25) is 15.5 Å². The third kappa shape index (κ3) is 3.17. The summed E-state index contributed by atoms with van der Waals surface area (Å²) < 4.78 is 0. The number of nitrogens with one attached hydrogen (secondary N) is 3. The lowest BCUT2D eigenvalue weighted by Crippen LogP contribution is -2.69. The van der Waals surface area contributed by atoms with Crippen molar-refractivity contribution >= 4 is 23.4 Å². The smallest absolute Gasteiger partial charge is 0.270 e. The van der Waals surface area contributed by atoms with Gasteiger partial charge in [0.25, 0.3) is 5.91 Å². The Bertz CT molecular complexity index is 339. The Balaban J connectivity index is 2.02. The molecule has 0 bridgehead atoms. The molecule has 1 heterocycles. The zero-order valence-corrected chi connectivity index (χ0v) is 11.9. The molecular formula is C12H22N4OS. The minimum Gasteiger partial charge on any atom is -0.306 e. The molecule has 0 spiro atoms. The van der Waals surface area contributed by atoms with Crippen LogP contribution in [0.1, 0.15) is 45.4 Å². The molecule has 0 aromatic heterocycles. The Morgan fingerprint density at radius 2 is 2.00 bits per heavy atom. The Kier molecular flexibility index (Phi) is 4.50.